The molecule has 3 heteroatoms. The first-order valence-electron chi connectivity index (χ1n) is 10.5. The molecule has 3 nitrogen and oxygen atoms in total. The number of piperidine rings is 1. The van der Waals surface area contributed by atoms with Gasteiger partial charge in [0.05, 0.1) is 5.41 Å². The summed E-state index contributed by atoms with van der Waals surface area (Å²) in [6.45, 7) is 5.99. The maximum Gasteiger partial charge on any atom is 0.233 e. The highest BCUT2D eigenvalue weighted by Gasteiger charge is 2.53. The second-order valence-electron chi connectivity index (χ2n) is 8.84. The number of benzene rings is 2. The SMILES string of the molecule is Cc1cc(C)cc(C2(C(=O)N3CCC(c4cc5ccccc5[nH]4)CC3)CC2)c1. The minimum Gasteiger partial charge on any atom is -0.358 e. The average molecular weight is 373 g/mol. The number of amides is 1. The number of carbonyl (C=O) groups is 1. The molecule has 2 heterocycles. The first-order valence-corrected chi connectivity index (χ1v) is 10.5. The van der Waals surface area contributed by atoms with E-state index in [1.54, 1.807) is 0 Å². The van der Waals surface area contributed by atoms with Crippen molar-refractivity contribution in [1.82, 2.24) is 9.88 Å². The molecule has 0 unspecified atom stereocenters. The predicted octanol–water partition coefficient (Wildman–Crippen LogP) is 5.22. The molecule has 5 rings (SSSR count). The lowest BCUT2D eigenvalue weighted by Crippen LogP contribution is -2.43. The molecule has 2 fully saturated rings. The predicted molar refractivity (Wildman–Crippen MR) is 114 cm³/mol. The standard InChI is InChI=1S/C25H28N2O/c1-17-13-18(2)15-21(14-17)25(9-10-25)24(28)27-11-7-19(8-12-27)23-16-20-5-3-4-6-22(20)26-23/h3-6,13-16,19,26H,7-12H2,1-2H3. The summed E-state index contributed by atoms with van der Waals surface area (Å²) in [5, 5.41) is 1.28. The lowest BCUT2D eigenvalue weighted by Gasteiger charge is -2.34. The Labute approximate surface area is 166 Å². The highest BCUT2D eigenvalue weighted by Crippen LogP contribution is 2.50. The van der Waals surface area contributed by atoms with Gasteiger partial charge in [0.2, 0.25) is 5.91 Å². The van der Waals surface area contributed by atoms with E-state index in [2.05, 4.69) is 72.3 Å². The van der Waals surface area contributed by atoms with Crippen LogP contribution in [0.15, 0.2) is 48.5 Å². The number of fused-ring (bicyclic) bond motifs is 1. The van der Waals surface area contributed by atoms with E-state index in [1.165, 1.54) is 33.3 Å². The van der Waals surface area contributed by atoms with E-state index in [9.17, 15) is 4.79 Å². The molecule has 1 aliphatic carbocycles. The molecule has 1 amide bonds. The Morgan fingerprint density at radius 3 is 2.32 bits per heavy atom. The van der Waals surface area contributed by atoms with Gasteiger partial charge in [0.15, 0.2) is 0 Å². The molecule has 0 radical (unpaired) electrons. The Hall–Kier alpha value is -2.55. The Kier molecular flexibility index (Phi) is 4.08. The Morgan fingerprint density at radius 2 is 1.68 bits per heavy atom. The van der Waals surface area contributed by atoms with Crippen molar-refractivity contribution in [2.45, 2.75) is 50.9 Å². The number of nitrogens with one attached hydrogen (secondary N) is 1. The summed E-state index contributed by atoms with van der Waals surface area (Å²) in [7, 11) is 0. The van der Waals surface area contributed by atoms with E-state index in [1.807, 2.05) is 0 Å². The van der Waals surface area contributed by atoms with Gasteiger partial charge in [-0.25, -0.2) is 0 Å². The lowest BCUT2D eigenvalue weighted by molar-refractivity contribution is -0.135. The van der Waals surface area contributed by atoms with Crippen molar-refractivity contribution in [3.63, 3.8) is 0 Å². The normalized spacial score (nSPS) is 19.1. The van der Waals surface area contributed by atoms with Gasteiger partial charge in [0.1, 0.15) is 0 Å². The number of nitrogens with zero attached hydrogens (tertiary/aromatic N) is 1. The summed E-state index contributed by atoms with van der Waals surface area (Å²) in [5.74, 6) is 0.875. The zero-order chi connectivity index (χ0) is 19.3. The van der Waals surface area contributed by atoms with Crippen molar-refractivity contribution < 1.29 is 4.79 Å². The number of aromatic nitrogens is 1. The van der Waals surface area contributed by atoms with Crippen LogP contribution in [-0.2, 0) is 10.2 Å². The largest absolute Gasteiger partial charge is 0.358 e. The second kappa shape index (κ2) is 6.51. The van der Waals surface area contributed by atoms with E-state index in [0.717, 1.165) is 38.8 Å². The fourth-order valence-electron chi connectivity index (χ4n) is 5.01. The number of hydrogen-bond acceptors (Lipinski definition) is 1. The van der Waals surface area contributed by atoms with Gasteiger partial charge >= 0.3 is 0 Å². The molecule has 2 aromatic carbocycles. The van der Waals surface area contributed by atoms with Crippen molar-refractivity contribution >= 4 is 16.8 Å². The molecule has 28 heavy (non-hydrogen) atoms. The monoisotopic (exact) mass is 372 g/mol. The maximum absolute atomic E-state index is 13.4. The van der Waals surface area contributed by atoms with Crippen molar-refractivity contribution in [2.24, 2.45) is 0 Å². The number of rotatable bonds is 3. The van der Waals surface area contributed by atoms with Gasteiger partial charge in [0, 0.05) is 30.2 Å². The smallest absolute Gasteiger partial charge is 0.233 e. The van der Waals surface area contributed by atoms with Crippen LogP contribution in [-0.4, -0.2) is 28.9 Å². The minimum absolute atomic E-state index is 0.245. The molecule has 1 saturated carbocycles. The average Bonchev–Trinajstić information content (AvgIpc) is 3.39. The highest BCUT2D eigenvalue weighted by atomic mass is 16.2. The third-order valence-corrected chi connectivity index (χ3v) is 6.71. The van der Waals surface area contributed by atoms with Crippen LogP contribution >= 0.6 is 0 Å². The number of para-hydroxylation sites is 1. The number of aromatic amines is 1. The topological polar surface area (TPSA) is 36.1 Å². The van der Waals surface area contributed by atoms with Gasteiger partial charge in [-0.05, 0) is 62.6 Å². The molecule has 1 N–H and O–H groups in total. The third-order valence-electron chi connectivity index (χ3n) is 6.71. The van der Waals surface area contributed by atoms with Gasteiger partial charge < -0.3 is 9.88 Å². The maximum atomic E-state index is 13.4. The summed E-state index contributed by atoms with van der Waals surface area (Å²) in [6.07, 6.45) is 4.08. The first-order chi connectivity index (χ1) is 13.5. The molecule has 1 aromatic heterocycles. The van der Waals surface area contributed by atoms with Crippen molar-refractivity contribution in [3.05, 3.63) is 70.9 Å². The molecular formula is C25H28N2O. The van der Waals surface area contributed by atoms with Gasteiger partial charge in [-0.2, -0.15) is 0 Å². The molecule has 1 saturated heterocycles. The Bertz CT molecular complexity index is 982. The van der Waals surface area contributed by atoms with Crippen LogP contribution in [0.3, 0.4) is 0 Å². The van der Waals surface area contributed by atoms with E-state index >= 15 is 0 Å². The van der Waals surface area contributed by atoms with Crippen molar-refractivity contribution in [2.75, 3.05) is 13.1 Å². The molecule has 0 bridgehead atoms. The fourth-order valence-corrected chi connectivity index (χ4v) is 5.01. The zero-order valence-corrected chi connectivity index (χ0v) is 16.8. The molecule has 0 atom stereocenters. The summed E-state index contributed by atoms with van der Waals surface area (Å²) < 4.78 is 0. The van der Waals surface area contributed by atoms with Crippen LogP contribution in [0.5, 0.6) is 0 Å². The van der Waals surface area contributed by atoms with Gasteiger partial charge in [-0.15, -0.1) is 0 Å². The number of aryl methyl sites for hydroxylation is 2. The molecular weight excluding hydrogens is 344 g/mol. The molecule has 3 aromatic rings. The lowest BCUT2D eigenvalue weighted by atomic mass is 9.89. The number of H-pyrrole nitrogens is 1. The molecule has 0 spiro atoms. The van der Waals surface area contributed by atoms with Crippen LogP contribution in [0.2, 0.25) is 0 Å². The van der Waals surface area contributed by atoms with E-state index in [-0.39, 0.29) is 5.41 Å². The van der Waals surface area contributed by atoms with E-state index in [0.29, 0.717) is 11.8 Å². The zero-order valence-electron chi connectivity index (χ0n) is 16.8. The quantitative estimate of drug-likeness (QED) is 0.672. The van der Waals surface area contributed by atoms with Gasteiger partial charge in [-0.1, -0.05) is 47.5 Å². The summed E-state index contributed by atoms with van der Waals surface area (Å²) in [5.41, 5.74) is 6.03. The van der Waals surface area contributed by atoms with E-state index < -0.39 is 0 Å². The third kappa shape index (κ3) is 2.94. The van der Waals surface area contributed by atoms with Crippen LogP contribution in [0.25, 0.3) is 10.9 Å². The summed E-state index contributed by atoms with van der Waals surface area (Å²) >= 11 is 0. The van der Waals surface area contributed by atoms with Gasteiger partial charge in [-0.3, -0.25) is 4.79 Å². The van der Waals surface area contributed by atoms with E-state index in [4.69, 9.17) is 0 Å². The minimum atomic E-state index is -0.245. The fraction of sp³-hybridized carbons (Fsp3) is 0.400. The van der Waals surface area contributed by atoms with Crippen molar-refractivity contribution in [1.29, 1.82) is 0 Å². The number of likely N-dealkylation sites (tertiary alicyclic amines) is 1. The Morgan fingerprint density at radius 1 is 1.00 bits per heavy atom. The van der Waals surface area contributed by atoms with Crippen LogP contribution in [0, 0.1) is 13.8 Å². The molecule has 2 aliphatic rings. The highest BCUT2D eigenvalue weighted by molar-refractivity contribution is 5.91. The van der Waals surface area contributed by atoms with Crippen molar-refractivity contribution in [3.8, 4) is 0 Å². The van der Waals surface area contributed by atoms with Gasteiger partial charge in [0.25, 0.3) is 0 Å². The van der Waals surface area contributed by atoms with Crippen LogP contribution in [0.1, 0.15) is 54.0 Å². The molecule has 1 aliphatic heterocycles. The van der Waals surface area contributed by atoms with Crippen LogP contribution < -0.4 is 0 Å². The number of carbonyl (C=O) groups excluding carboxylic acids is 1. The summed E-state index contributed by atoms with van der Waals surface area (Å²) in [4.78, 5) is 19.1. The number of hydrogen-bond donors (Lipinski definition) is 1. The Balaban J connectivity index is 1.30. The summed E-state index contributed by atoms with van der Waals surface area (Å²) in [6, 6.07) is 17.4. The second-order valence-corrected chi connectivity index (χ2v) is 8.84. The molecule has 144 valence electrons. The first kappa shape index (κ1) is 17.5. The van der Waals surface area contributed by atoms with Crippen LogP contribution in [0.4, 0.5) is 0 Å².